The first-order valence-electron chi connectivity index (χ1n) is 13.2. The molecule has 0 saturated heterocycles. The Morgan fingerprint density at radius 1 is 0.860 bits per heavy atom. The molecule has 10 heteroatoms. The van der Waals surface area contributed by atoms with E-state index < -0.39 is 29.4 Å². The highest BCUT2D eigenvalue weighted by Crippen LogP contribution is 2.42. The van der Waals surface area contributed by atoms with Gasteiger partial charge in [-0.05, 0) is 85.1 Å². The molecular formula is C33H25F4N3O3. The smallest absolute Gasteiger partial charge is 0.407 e. The van der Waals surface area contributed by atoms with Crippen molar-refractivity contribution in [3.8, 4) is 34.0 Å². The van der Waals surface area contributed by atoms with Crippen LogP contribution in [0.5, 0.6) is 5.88 Å². The number of aryl methyl sites for hydroxylation is 1. The number of benzene rings is 4. The van der Waals surface area contributed by atoms with Gasteiger partial charge in [0.2, 0.25) is 5.88 Å². The number of halogens is 4. The normalized spacial score (nSPS) is 11.3. The number of hydrogen-bond acceptors (Lipinski definition) is 4. The predicted molar refractivity (Wildman–Crippen MR) is 155 cm³/mol. The molecule has 0 radical (unpaired) electrons. The topological polar surface area (TPSA) is 73.2 Å². The van der Waals surface area contributed by atoms with E-state index in [0.29, 0.717) is 22.5 Å². The number of alkyl halides is 3. The summed E-state index contributed by atoms with van der Waals surface area (Å²) >= 11 is 0. The lowest BCUT2D eigenvalue weighted by atomic mass is 10.0. The van der Waals surface area contributed by atoms with E-state index in [2.05, 4.69) is 5.32 Å². The molecule has 1 amide bonds. The second-order valence-corrected chi connectivity index (χ2v) is 9.84. The van der Waals surface area contributed by atoms with Crippen molar-refractivity contribution < 1.29 is 31.9 Å². The summed E-state index contributed by atoms with van der Waals surface area (Å²) in [5.74, 6) is -1.64. The fourth-order valence-corrected chi connectivity index (χ4v) is 4.60. The van der Waals surface area contributed by atoms with Crippen LogP contribution in [0.4, 0.5) is 23.2 Å². The van der Waals surface area contributed by atoms with E-state index in [1.54, 1.807) is 42.5 Å². The van der Waals surface area contributed by atoms with Crippen molar-refractivity contribution in [2.75, 3.05) is 5.32 Å². The maximum absolute atomic E-state index is 15.1. The van der Waals surface area contributed by atoms with E-state index in [4.69, 9.17) is 9.84 Å². The SMILES string of the molecule is CC(=O)Oc1c(-c2ccc(NC(=O)c3ccc(C(F)(F)F)cc3)cc2)c(-c2ccccc2F)nn1-c1cccc(C)c1C. The molecule has 0 atom stereocenters. The van der Waals surface area contributed by atoms with Gasteiger partial charge in [-0.3, -0.25) is 9.59 Å². The molecule has 0 spiro atoms. The van der Waals surface area contributed by atoms with Crippen molar-refractivity contribution in [3.63, 3.8) is 0 Å². The number of carbonyl (C=O) groups excluding carboxylic acids is 2. The Morgan fingerprint density at radius 2 is 1.53 bits per heavy atom. The van der Waals surface area contributed by atoms with Gasteiger partial charge in [0.15, 0.2) is 0 Å². The van der Waals surface area contributed by atoms with Crippen LogP contribution in [0.2, 0.25) is 0 Å². The zero-order valence-corrected chi connectivity index (χ0v) is 23.3. The lowest BCUT2D eigenvalue weighted by molar-refractivity contribution is -0.137. The highest BCUT2D eigenvalue weighted by Gasteiger charge is 2.30. The third kappa shape index (κ3) is 6.04. The molecule has 6 nitrogen and oxygen atoms in total. The maximum atomic E-state index is 15.1. The third-order valence-electron chi connectivity index (χ3n) is 6.92. The van der Waals surface area contributed by atoms with Crippen molar-refractivity contribution in [1.82, 2.24) is 9.78 Å². The Morgan fingerprint density at radius 3 is 2.16 bits per heavy atom. The monoisotopic (exact) mass is 587 g/mol. The second-order valence-electron chi connectivity index (χ2n) is 9.84. The van der Waals surface area contributed by atoms with E-state index >= 15 is 4.39 Å². The number of esters is 1. The van der Waals surface area contributed by atoms with Crippen LogP contribution >= 0.6 is 0 Å². The van der Waals surface area contributed by atoms with Crippen LogP contribution in [0.3, 0.4) is 0 Å². The Hall–Kier alpha value is -5.25. The molecule has 4 aromatic carbocycles. The minimum atomic E-state index is -4.51. The van der Waals surface area contributed by atoms with Crippen LogP contribution in [0, 0.1) is 19.7 Å². The van der Waals surface area contributed by atoms with Crippen molar-refractivity contribution in [3.05, 3.63) is 119 Å². The fourth-order valence-electron chi connectivity index (χ4n) is 4.60. The van der Waals surface area contributed by atoms with Crippen molar-refractivity contribution in [2.45, 2.75) is 26.9 Å². The fraction of sp³-hybridized carbons (Fsp3) is 0.121. The molecule has 43 heavy (non-hydrogen) atoms. The molecule has 5 aromatic rings. The quantitative estimate of drug-likeness (QED) is 0.161. The van der Waals surface area contributed by atoms with Crippen LogP contribution in [0.1, 0.15) is 34.0 Å². The molecule has 1 aromatic heterocycles. The number of hydrogen-bond donors (Lipinski definition) is 1. The number of ether oxygens (including phenoxy) is 1. The van der Waals surface area contributed by atoms with Crippen LogP contribution < -0.4 is 10.1 Å². The van der Waals surface area contributed by atoms with Gasteiger partial charge >= 0.3 is 12.1 Å². The van der Waals surface area contributed by atoms with Crippen molar-refractivity contribution in [1.29, 1.82) is 0 Å². The van der Waals surface area contributed by atoms with E-state index in [0.717, 1.165) is 35.4 Å². The number of rotatable bonds is 6. The minimum Gasteiger partial charge on any atom is -0.407 e. The molecule has 0 saturated carbocycles. The van der Waals surface area contributed by atoms with Gasteiger partial charge in [0.1, 0.15) is 11.5 Å². The summed E-state index contributed by atoms with van der Waals surface area (Å²) < 4.78 is 60.9. The first-order valence-corrected chi connectivity index (χ1v) is 13.2. The number of aromatic nitrogens is 2. The van der Waals surface area contributed by atoms with Gasteiger partial charge in [0.25, 0.3) is 5.91 Å². The number of amides is 1. The molecule has 0 aliphatic rings. The van der Waals surface area contributed by atoms with E-state index in [-0.39, 0.29) is 22.7 Å². The predicted octanol–water partition coefficient (Wildman–Crippen LogP) is 8.16. The summed E-state index contributed by atoms with van der Waals surface area (Å²) in [4.78, 5) is 25.0. The maximum Gasteiger partial charge on any atom is 0.416 e. The summed E-state index contributed by atoms with van der Waals surface area (Å²) in [6, 6.07) is 22.0. The van der Waals surface area contributed by atoms with Crippen molar-refractivity contribution >= 4 is 17.6 Å². The van der Waals surface area contributed by atoms with E-state index in [9.17, 15) is 22.8 Å². The number of nitrogens with one attached hydrogen (secondary N) is 1. The molecule has 1 heterocycles. The highest BCUT2D eigenvalue weighted by molar-refractivity contribution is 6.04. The second kappa shape index (κ2) is 11.6. The van der Waals surface area contributed by atoms with Gasteiger partial charge in [0.05, 0.1) is 16.8 Å². The van der Waals surface area contributed by atoms with E-state index in [1.165, 1.54) is 17.7 Å². The third-order valence-corrected chi connectivity index (χ3v) is 6.92. The summed E-state index contributed by atoms with van der Waals surface area (Å²) in [5.41, 5.74) is 3.33. The van der Waals surface area contributed by atoms with E-state index in [1.807, 2.05) is 32.0 Å². The van der Waals surface area contributed by atoms with Crippen molar-refractivity contribution in [2.24, 2.45) is 0 Å². The molecule has 0 fully saturated rings. The number of anilines is 1. The molecule has 1 N–H and O–H groups in total. The average molecular weight is 588 g/mol. The molecule has 5 rings (SSSR count). The molecule has 0 aliphatic carbocycles. The Kier molecular flexibility index (Phi) is 7.86. The van der Waals surface area contributed by atoms with Gasteiger partial charge < -0.3 is 10.1 Å². The Bertz CT molecular complexity index is 1830. The van der Waals surface area contributed by atoms with Gasteiger partial charge in [-0.2, -0.15) is 23.0 Å². The summed E-state index contributed by atoms with van der Waals surface area (Å²) in [7, 11) is 0. The Labute approximate surface area is 244 Å². The first kappa shape index (κ1) is 29.2. The van der Waals surface area contributed by atoms with Crippen LogP contribution in [-0.2, 0) is 11.0 Å². The standard InChI is InChI=1S/C33H25F4N3O3/c1-19-7-6-10-28(20(19)2)40-32(43-21(3)41)29(30(39-40)26-8-4-5-9-27(26)34)22-13-17-25(18-14-22)38-31(42)23-11-15-24(16-12-23)33(35,36)37/h4-18H,1-3H3,(H,38,42). The summed E-state index contributed by atoms with van der Waals surface area (Å²) in [6.07, 6.45) is -4.51. The van der Waals surface area contributed by atoms with Crippen LogP contribution in [-0.4, -0.2) is 21.7 Å². The van der Waals surface area contributed by atoms with Crippen LogP contribution in [0.15, 0.2) is 91.0 Å². The molecule has 0 unspecified atom stereocenters. The molecule has 0 bridgehead atoms. The summed E-state index contributed by atoms with van der Waals surface area (Å²) in [6.45, 7) is 5.09. The average Bonchev–Trinajstić information content (AvgIpc) is 3.32. The van der Waals surface area contributed by atoms with Gasteiger partial charge in [-0.15, -0.1) is 0 Å². The Balaban J connectivity index is 1.58. The molecule has 218 valence electrons. The van der Waals surface area contributed by atoms with Gasteiger partial charge in [-0.25, -0.2) is 4.39 Å². The van der Waals surface area contributed by atoms with Gasteiger partial charge in [-0.1, -0.05) is 36.4 Å². The minimum absolute atomic E-state index is 0.0471. The zero-order chi connectivity index (χ0) is 30.9. The van der Waals surface area contributed by atoms with Crippen LogP contribution in [0.25, 0.3) is 28.1 Å². The molecule has 0 aliphatic heterocycles. The zero-order valence-electron chi connectivity index (χ0n) is 23.3. The molecular weight excluding hydrogens is 562 g/mol. The summed E-state index contributed by atoms with van der Waals surface area (Å²) in [5, 5.41) is 7.38. The number of carbonyl (C=O) groups is 2. The lowest BCUT2D eigenvalue weighted by Crippen LogP contribution is -2.12. The lowest BCUT2D eigenvalue weighted by Gasteiger charge is -2.13. The first-order chi connectivity index (χ1) is 20.4. The largest absolute Gasteiger partial charge is 0.416 e. The highest BCUT2D eigenvalue weighted by atomic mass is 19.4. The van der Waals surface area contributed by atoms with Gasteiger partial charge in [0, 0.05) is 23.7 Å². The number of nitrogens with zero attached hydrogens (tertiary/aromatic N) is 2.